The molecular weight excluding hydrogens is 336 g/mol. The van der Waals surface area contributed by atoms with Gasteiger partial charge in [0, 0.05) is 27.6 Å². The summed E-state index contributed by atoms with van der Waals surface area (Å²) in [5.41, 5.74) is 3.58. The fraction of sp³-hybridized carbons (Fsp3) is 0.421. The molecule has 1 aliphatic carbocycles. The summed E-state index contributed by atoms with van der Waals surface area (Å²) < 4.78 is 0. The van der Waals surface area contributed by atoms with Crippen LogP contribution in [0.25, 0.3) is 10.9 Å². The van der Waals surface area contributed by atoms with Gasteiger partial charge in [-0.05, 0) is 57.2 Å². The highest BCUT2D eigenvalue weighted by Crippen LogP contribution is 2.36. The van der Waals surface area contributed by atoms with Gasteiger partial charge in [0.25, 0.3) is 5.91 Å². The van der Waals surface area contributed by atoms with Crippen molar-refractivity contribution in [3.05, 3.63) is 35.0 Å². The zero-order valence-electron chi connectivity index (χ0n) is 14.5. The van der Waals surface area contributed by atoms with Crippen LogP contribution in [0.3, 0.4) is 0 Å². The number of aryl methyl sites for hydroxylation is 1. The number of carboxylic acid groups (broad SMARTS) is 1. The average molecular weight is 358 g/mol. The van der Waals surface area contributed by atoms with E-state index in [4.69, 9.17) is 10.1 Å². The van der Waals surface area contributed by atoms with Crippen LogP contribution in [0.2, 0.25) is 0 Å². The second-order valence-corrected chi connectivity index (χ2v) is 7.60. The first-order valence-electron chi connectivity index (χ1n) is 8.56. The van der Waals surface area contributed by atoms with Crippen LogP contribution in [-0.2, 0) is 17.6 Å². The molecule has 1 aromatic carbocycles. The van der Waals surface area contributed by atoms with Gasteiger partial charge in [0.05, 0.1) is 11.3 Å². The molecular formula is C19H22N2O3S. The van der Waals surface area contributed by atoms with Crippen molar-refractivity contribution in [3.63, 3.8) is 0 Å². The Labute approximate surface area is 151 Å². The van der Waals surface area contributed by atoms with Gasteiger partial charge < -0.3 is 10.4 Å². The van der Waals surface area contributed by atoms with Gasteiger partial charge in [-0.15, -0.1) is 11.8 Å². The standard InChI is InChI=1S/C19H22N2O3S/c1-11(2)20-19(24)12-7-8-14-16(9-12)21-15-6-4-3-5-13(15)18(14)25-10-17(22)23/h7-9,11H,3-6,10H2,1-2H3,(H,20,24)(H,22,23). The lowest BCUT2D eigenvalue weighted by molar-refractivity contribution is -0.133. The highest BCUT2D eigenvalue weighted by atomic mass is 32.2. The molecule has 0 spiro atoms. The van der Waals surface area contributed by atoms with E-state index < -0.39 is 5.97 Å². The van der Waals surface area contributed by atoms with E-state index in [-0.39, 0.29) is 17.7 Å². The number of hydrogen-bond acceptors (Lipinski definition) is 4. The number of carbonyl (C=O) groups is 2. The molecule has 0 saturated heterocycles. The molecule has 1 heterocycles. The number of carbonyl (C=O) groups excluding carboxylic acids is 1. The number of thioether (sulfide) groups is 1. The Bertz CT molecular complexity index is 833. The van der Waals surface area contributed by atoms with Gasteiger partial charge >= 0.3 is 5.97 Å². The van der Waals surface area contributed by atoms with Crippen molar-refractivity contribution in [3.8, 4) is 0 Å². The highest BCUT2D eigenvalue weighted by molar-refractivity contribution is 8.00. The van der Waals surface area contributed by atoms with Crippen molar-refractivity contribution in [1.82, 2.24) is 10.3 Å². The first-order valence-corrected chi connectivity index (χ1v) is 9.55. The van der Waals surface area contributed by atoms with Crippen molar-refractivity contribution in [1.29, 1.82) is 0 Å². The maximum atomic E-state index is 12.3. The molecule has 0 atom stereocenters. The molecule has 3 rings (SSSR count). The quantitative estimate of drug-likeness (QED) is 0.801. The average Bonchev–Trinajstić information content (AvgIpc) is 2.57. The number of aromatic nitrogens is 1. The van der Waals surface area contributed by atoms with Crippen molar-refractivity contribution < 1.29 is 14.7 Å². The van der Waals surface area contributed by atoms with Gasteiger partial charge in [0.1, 0.15) is 0 Å². The summed E-state index contributed by atoms with van der Waals surface area (Å²) >= 11 is 1.36. The second-order valence-electron chi connectivity index (χ2n) is 6.62. The molecule has 2 aromatic rings. The molecule has 1 aromatic heterocycles. The van der Waals surface area contributed by atoms with E-state index in [0.717, 1.165) is 47.2 Å². The van der Waals surface area contributed by atoms with Crippen LogP contribution in [0.15, 0.2) is 23.1 Å². The number of benzene rings is 1. The third kappa shape index (κ3) is 3.95. The molecule has 5 nitrogen and oxygen atoms in total. The Morgan fingerprint density at radius 1 is 1.28 bits per heavy atom. The van der Waals surface area contributed by atoms with Crippen molar-refractivity contribution in [2.45, 2.75) is 50.5 Å². The zero-order chi connectivity index (χ0) is 18.0. The third-order valence-electron chi connectivity index (χ3n) is 4.23. The largest absolute Gasteiger partial charge is 0.481 e. The number of pyridine rings is 1. The first-order chi connectivity index (χ1) is 12.0. The number of fused-ring (bicyclic) bond motifs is 2. The second kappa shape index (κ2) is 7.44. The topological polar surface area (TPSA) is 79.3 Å². The molecule has 0 radical (unpaired) electrons. The van der Waals surface area contributed by atoms with Gasteiger partial charge in [0.2, 0.25) is 0 Å². The Hall–Kier alpha value is -2.08. The van der Waals surface area contributed by atoms with Crippen LogP contribution >= 0.6 is 11.8 Å². The smallest absolute Gasteiger partial charge is 0.313 e. The number of nitrogens with zero attached hydrogens (tertiary/aromatic N) is 1. The van der Waals surface area contributed by atoms with E-state index in [1.165, 1.54) is 17.3 Å². The number of amides is 1. The van der Waals surface area contributed by atoms with Crippen LogP contribution in [0.4, 0.5) is 0 Å². The Morgan fingerprint density at radius 2 is 2.04 bits per heavy atom. The summed E-state index contributed by atoms with van der Waals surface area (Å²) in [7, 11) is 0. The lowest BCUT2D eigenvalue weighted by Crippen LogP contribution is -2.30. The maximum Gasteiger partial charge on any atom is 0.313 e. The summed E-state index contributed by atoms with van der Waals surface area (Å²) in [6.45, 7) is 3.85. The Kier molecular flexibility index (Phi) is 5.27. The first kappa shape index (κ1) is 17.7. The lowest BCUT2D eigenvalue weighted by Gasteiger charge is -2.20. The normalized spacial score (nSPS) is 13.7. The molecule has 2 N–H and O–H groups in total. The van der Waals surface area contributed by atoms with Gasteiger partial charge in [-0.3, -0.25) is 14.6 Å². The van der Waals surface area contributed by atoms with Crippen molar-refractivity contribution in [2.24, 2.45) is 0 Å². The van der Waals surface area contributed by atoms with Gasteiger partial charge in [-0.1, -0.05) is 6.07 Å². The molecule has 1 aliphatic rings. The minimum Gasteiger partial charge on any atom is -0.481 e. The fourth-order valence-electron chi connectivity index (χ4n) is 3.17. The lowest BCUT2D eigenvalue weighted by atomic mass is 9.94. The Morgan fingerprint density at radius 3 is 2.76 bits per heavy atom. The van der Waals surface area contributed by atoms with E-state index in [1.54, 1.807) is 6.07 Å². The third-order valence-corrected chi connectivity index (χ3v) is 5.38. The van der Waals surface area contributed by atoms with Crippen molar-refractivity contribution in [2.75, 3.05) is 5.75 Å². The summed E-state index contributed by atoms with van der Waals surface area (Å²) in [5.74, 6) is -0.912. The van der Waals surface area contributed by atoms with Gasteiger partial charge in [-0.2, -0.15) is 0 Å². The van der Waals surface area contributed by atoms with E-state index in [9.17, 15) is 9.59 Å². The number of nitrogens with one attached hydrogen (secondary N) is 1. The molecule has 0 fully saturated rings. The van der Waals surface area contributed by atoms with Crippen LogP contribution < -0.4 is 5.32 Å². The van der Waals surface area contributed by atoms with E-state index in [0.29, 0.717) is 5.56 Å². The predicted octanol–water partition coefficient (Wildman–Crippen LogP) is 3.43. The van der Waals surface area contributed by atoms with Crippen LogP contribution in [0, 0.1) is 0 Å². The highest BCUT2D eigenvalue weighted by Gasteiger charge is 2.20. The van der Waals surface area contributed by atoms with Gasteiger partial charge in [-0.25, -0.2) is 0 Å². The van der Waals surface area contributed by atoms with Crippen molar-refractivity contribution >= 4 is 34.5 Å². The van der Waals surface area contributed by atoms with Gasteiger partial charge in [0.15, 0.2) is 0 Å². The molecule has 25 heavy (non-hydrogen) atoms. The molecule has 0 aliphatic heterocycles. The van der Waals surface area contributed by atoms with Crippen LogP contribution in [0.5, 0.6) is 0 Å². The summed E-state index contributed by atoms with van der Waals surface area (Å²) in [4.78, 5) is 29.1. The summed E-state index contributed by atoms with van der Waals surface area (Å²) in [5, 5.41) is 12.9. The number of aliphatic carboxylic acids is 1. The SMILES string of the molecule is CC(C)NC(=O)c1ccc2c(SCC(=O)O)c3c(nc2c1)CCCC3. The molecule has 0 bridgehead atoms. The van der Waals surface area contributed by atoms with Crippen LogP contribution in [-0.4, -0.2) is 33.8 Å². The predicted molar refractivity (Wildman–Crippen MR) is 99.3 cm³/mol. The Balaban J connectivity index is 2.08. The molecule has 6 heteroatoms. The number of hydrogen-bond donors (Lipinski definition) is 2. The minimum absolute atomic E-state index is 0.0289. The van der Waals surface area contributed by atoms with Crippen LogP contribution in [0.1, 0.15) is 48.3 Å². The summed E-state index contributed by atoms with van der Waals surface area (Å²) in [6.07, 6.45) is 4.06. The molecule has 1 amide bonds. The number of rotatable bonds is 5. The monoisotopic (exact) mass is 358 g/mol. The van der Waals surface area contributed by atoms with E-state index in [1.807, 2.05) is 26.0 Å². The zero-order valence-corrected chi connectivity index (χ0v) is 15.3. The molecule has 0 saturated carbocycles. The fourth-order valence-corrected chi connectivity index (χ4v) is 4.16. The molecule has 132 valence electrons. The molecule has 0 unspecified atom stereocenters. The van der Waals surface area contributed by atoms with E-state index in [2.05, 4.69) is 5.32 Å². The number of carboxylic acids is 1. The minimum atomic E-state index is -0.826. The summed E-state index contributed by atoms with van der Waals surface area (Å²) in [6, 6.07) is 5.58. The van der Waals surface area contributed by atoms with E-state index >= 15 is 0 Å². The maximum absolute atomic E-state index is 12.3.